The minimum Gasteiger partial charge on any atom is -0.493 e. The van der Waals surface area contributed by atoms with Crippen LogP contribution in [0.4, 0.5) is 0 Å². The van der Waals surface area contributed by atoms with E-state index in [9.17, 15) is 4.79 Å². The number of likely N-dealkylation sites (N-methyl/N-ethyl adjacent to an activating group) is 1. The molecule has 0 bridgehead atoms. The number of ether oxygens (including phenoxy) is 3. The van der Waals surface area contributed by atoms with Gasteiger partial charge in [0.15, 0.2) is 17.5 Å². The summed E-state index contributed by atoms with van der Waals surface area (Å²) in [7, 11) is 8.25. The van der Waals surface area contributed by atoms with Gasteiger partial charge in [-0.25, -0.2) is 4.99 Å². The van der Waals surface area contributed by atoms with Crippen molar-refractivity contribution < 1.29 is 19.0 Å². The molecule has 0 aromatic heterocycles. The van der Waals surface area contributed by atoms with E-state index in [1.54, 1.807) is 40.3 Å². The molecule has 1 saturated carbocycles. The van der Waals surface area contributed by atoms with E-state index in [1.807, 2.05) is 12.1 Å². The van der Waals surface area contributed by atoms with Crippen molar-refractivity contribution in [1.82, 2.24) is 15.5 Å². The van der Waals surface area contributed by atoms with Crippen LogP contribution in [0.15, 0.2) is 17.1 Å². The van der Waals surface area contributed by atoms with Gasteiger partial charge in [-0.2, -0.15) is 0 Å². The van der Waals surface area contributed by atoms with Crippen LogP contribution in [0.5, 0.6) is 17.2 Å². The molecule has 0 atom stereocenters. The Morgan fingerprint density at radius 2 is 1.65 bits per heavy atom. The number of hydrogen-bond acceptors (Lipinski definition) is 5. The third kappa shape index (κ3) is 8.62. The number of halogens is 1. The maximum atomic E-state index is 12.0. The van der Waals surface area contributed by atoms with Gasteiger partial charge >= 0.3 is 0 Å². The molecule has 1 aliphatic rings. The number of hydrogen-bond donors (Lipinski definition) is 2. The van der Waals surface area contributed by atoms with Crippen LogP contribution in [0, 0.1) is 5.92 Å². The van der Waals surface area contributed by atoms with Crippen LogP contribution in [0.25, 0.3) is 0 Å². The first kappa shape index (κ1) is 27.1. The number of aliphatic imine (C=N–C) groups is 1. The fourth-order valence-electron chi connectivity index (χ4n) is 3.52. The van der Waals surface area contributed by atoms with Crippen LogP contribution >= 0.6 is 24.0 Å². The van der Waals surface area contributed by atoms with Crippen molar-refractivity contribution in [3.8, 4) is 17.2 Å². The van der Waals surface area contributed by atoms with Crippen molar-refractivity contribution >= 4 is 35.8 Å². The molecule has 31 heavy (non-hydrogen) atoms. The Morgan fingerprint density at radius 3 is 2.16 bits per heavy atom. The highest BCUT2D eigenvalue weighted by atomic mass is 127. The molecule has 8 nitrogen and oxygen atoms in total. The molecule has 2 N–H and O–H groups in total. The Kier molecular flexibility index (Phi) is 12.4. The summed E-state index contributed by atoms with van der Waals surface area (Å²) < 4.78 is 16.2. The first-order valence-electron chi connectivity index (χ1n) is 10.5. The summed E-state index contributed by atoms with van der Waals surface area (Å²) in [4.78, 5) is 18.2. The monoisotopic (exact) mass is 548 g/mol. The van der Waals surface area contributed by atoms with Gasteiger partial charge in [0.1, 0.15) is 0 Å². The molecule has 1 amide bonds. The average molecular weight is 548 g/mol. The molecule has 0 aliphatic heterocycles. The minimum absolute atomic E-state index is 0. The summed E-state index contributed by atoms with van der Waals surface area (Å²) in [5.41, 5.74) is 0.919. The zero-order valence-electron chi connectivity index (χ0n) is 19.3. The number of nitrogens with one attached hydrogen (secondary N) is 2. The van der Waals surface area contributed by atoms with Crippen molar-refractivity contribution in [2.45, 2.75) is 38.6 Å². The lowest BCUT2D eigenvalue weighted by Gasteiger charge is -2.23. The van der Waals surface area contributed by atoms with Crippen molar-refractivity contribution in [2.24, 2.45) is 10.9 Å². The van der Waals surface area contributed by atoms with Crippen molar-refractivity contribution in [3.63, 3.8) is 0 Å². The van der Waals surface area contributed by atoms with Gasteiger partial charge in [-0.3, -0.25) is 4.79 Å². The van der Waals surface area contributed by atoms with E-state index >= 15 is 0 Å². The maximum Gasteiger partial charge on any atom is 0.241 e. The lowest BCUT2D eigenvalue weighted by atomic mass is 9.89. The van der Waals surface area contributed by atoms with Crippen LogP contribution in [0.1, 0.15) is 37.7 Å². The van der Waals surface area contributed by atoms with Gasteiger partial charge in [0, 0.05) is 20.6 Å². The maximum absolute atomic E-state index is 12.0. The Morgan fingerprint density at radius 1 is 1.03 bits per heavy atom. The molecule has 176 valence electrons. The van der Waals surface area contributed by atoms with E-state index in [4.69, 9.17) is 14.2 Å². The fourth-order valence-corrected chi connectivity index (χ4v) is 3.52. The second-order valence-electron chi connectivity index (χ2n) is 7.73. The highest BCUT2D eigenvalue weighted by Gasteiger charge is 2.15. The first-order chi connectivity index (χ1) is 14.5. The van der Waals surface area contributed by atoms with Crippen LogP contribution in [0.2, 0.25) is 0 Å². The summed E-state index contributed by atoms with van der Waals surface area (Å²) in [6, 6.07) is 3.77. The van der Waals surface area contributed by atoms with E-state index in [0.717, 1.165) is 12.1 Å². The van der Waals surface area contributed by atoms with Crippen LogP contribution in [-0.2, 0) is 11.3 Å². The molecule has 2 rings (SSSR count). The topological polar surface area (TPSA) is 84.4 Å². The predicted octanol–water partition coefficient (Wildman–Crippen LogP) is 3.03. The normalized spacial score (nSPS) is 14.3. The zero-order chi connectivity index (χ0) is 21.9. The largest absolute Gasteiger partial charge is 0.493 e. The fraction of sp³-hybridized carbons (Fsp3) is 0.636. The summed E-state index contributed by atoms with van der Waals surface area (Å²) in [5.74, 6) is 3.01. The average Bonchev–Trinajstić information content (AvgIpc) is 2.77. The number of guanidine groups is 1. The molecule has 9 heteroatoms. The molecule has 0 spiro atoms. The highest BCUT2D eigenvalue weighted by Crippen LogP contribution is 2.38. The zero-order valence-corrected chi connectivity index (χ0v) is 21.7. The van der Waals surface area contributed by atoms with E-state index in [0.29, 0.717) is 35.7 Å². The lowest BCUT2D eigenvalue weighted by molar-refractivity contribution is -0.127. The van der Waals surface area contributed by atoms with Gasteiger partial charge in [-0.05, 0) is 36.5 Å². The Hall–Kier alpha value is -1.91. The highest BCUT2D eigenvalue weighted by molar-refractivity contribution is 14.0. The number of nitrogens with zero attached hydrogens (tertiary/aromatic N) is 2. The summed E-state index contributed by atoms with van der Waals surface area (Å²) in [6.45, 7) is 1.46. The van der Waals surface area contributed by atoms with Crippen LogP contribution in [-0.4, -0.2) is 65.3 Å². The molecular weight excluding hydrogens is 511 g/mol. The van der Waals surface area contributed by atoms with E-state index < -0.39 is 0 Å². The summed E-state index contributed by atoms with van der Waals surface area (Å²) >= 11 is 0. The number of carbonyl (C=O) groups is 1. The van der Waals surface area contributed by atoms with Gasteiger partial charge in [-0.15, -0.1) is 24.0 Å². The van der Waals surface area contributed by atoms with Crippen LogP contribution in [0.3, 0.4) is 0 Å². The second-order valence-corrected chi connectivity index (χ2v) is 7.73. The molecule has 1 aromatic carbocycles. The molecular formula is C22H37IN4O4. The lowest BCUT2D eigenvalue weighted by Crippen LogP contribution is -2.44. The first-order valence-corrected chi connectivity index (χ1v) is 10.5. The predicted molar refractivity (Wildman–Crippen MR) is 134 cm³/mol. The second kappa shape index (κ2) is 14.2. The van der Waals surface area contributed by atoms with E-state index in [2.05, 4.69) is 15.6 Å². The van der Waals surface area contributed by atoms with Crippen molar-refractivity contribution in [1.29, 1.82) is 0 Å². The van der Waals surface area contributed by atoms with Crippen molar-refractivity contribution in [2.75, 3.05) is 48.5 Å². The molecule has 0 unspecified atom stereocenters. The Labute approximate surface area is 203 Å². The number of rotatable bonds is 9. The van der Waals surface area contributed by atoms with Gasteiger partial charge in [0.25, 0.3) is 0 Å². The third-order valence-electron chi connectivity index (χ3n) is 5.33. The quantitative estimate of drug-likeness (QED) is 0.281. The third-order valence-corrected chi connectivity index (χ3v) is 5.33. The number of carbonyl (C=O) groups excluding carboxylic acids is 1. The summed E-state index contributed by atoms with van der Waals surface area (Å²) in [5, 5.41) is 6.57. The SMILES string of the molecule is COc1cc(CN=C(NCC(=O)N(C)C)NCC2CCCCC2)cc(OC)c1OC.I. The van der Waals surface area contributed by atoms with E-state index in [1.165, 1.54) is 32.1 Å². The smallest absolute Gasteiger partial charge is 0.241 e. The Balaban J connectivity index is 0.00000480. The van der Waals surface area contributed by atoms with Gasteiger partial charge in [0.2, 0.25) is 11.7 Å². The minimum atomic E-state index is -0.00467. The van der Waals surface area contributed by atoms with E-state index in [-0.39, 0.29) is 36.4 Å². The molecule has 0 heterocycles. The molecule has 1 fully saturated rings. The van der Waals surface area contributed by atoms with Crippen molar-refractivity contribution in [3.05, 3.63) is 17.7 Å². The van der Waals surface area contributed by atoms with Gasteiger partial charge < -0.3 is 29.7 Å². The summed E-state index contributed by atoms with van der Waals surface area (Å²) in [6.07, 6.45) is 6.38. The van der Waals surface area contributed by atoms with Gasteiger partial charge in [0.05, 0.1) is 34.4 Å². The van der Waals surface area contributed by atoms with Gasteiger partial charge in [-0.1, -0.05) is 19.3 Å². The molecule has 0 radical (unpaired) electrons. The number of amides is 1. The van der Waals surface area contributed by atoms with Crippen LogP contribution < -0.4 is 24.8 Å². The number of benzene rings is 1. The molecule has 1 aliphatic carbocycles. The standard InChI is InChI=1S/C22H36N4O4.HI/c1-26(2)20(27)15-25-22(23-13-16-9-7-6-8-10-16)24-14-17-11-18(28-3)21(30-5)19(12-17)29-4;/h11-12,16H,6-10,13-15H2,1-5H3,(H2,23,24,25);1H. The Bertz CT molecular complexity index is 696. The molecule has 0 saturated heterocycles. The molecule has 1 aromatic rings. The number of methoxy groups -OCH3 is 3.